The van der Waals surface area contributed by atoms with Gasteiger partial charge in [0.2, 0.25) is 0 Å². The first-order valence-corrected chi connectivity index (χ1v) is 10.6. The summed E-state index contributed by atoms with van der Waals surface area (Å²) in [7, 11) is 0. The van der Waals surface area contributed by atoms with E-state index in [2.05, 4.69) is 58.7 Å². The number of halogens is 3. The second-order valence-corrected chi connectivity index (χ2v) is 8.68. The molecule has 2 atom stereocenters. The highest BCUT2D eigenvalue weighted by Crippen LogP contribution is 2.29. The van der Waals surface area contributed by atoms with Gasteiger partial charge in [-0.15, -0.1) is 26.0 Å². The topological polar surface area (TPSA) is 38.0 Å². The lowest BCUT2D eigenvalue weighted by molar-refractivity contribution is -0.137. The van der Waals surface area contributed by atoms with Crippen molar-refractivity contribution in [2.75, 3.05) is 6.54 Å². The first-order valence-electron chi connectivity index (χ1n) is 10.6. The summed E-state index contributed by atoms with van der Waals surface area (Å²) in [5, 5.41) is 3.46. The summed E-state index contributed by atoms with van der Waals surface area (Å²) in [6.07, 6.45) is 9.92. The molecule has 0 amide bonds. The van der Waals surface area contributed by atoms with Gasteiger partial charge >= 0.3 is 6.18 Å². The van der Waals surface area contributed by atoms with Gasteiger partial charge in [0.1, 0.15) is 0 Å². The van der Waals surface area contributed by atoms with Gasteiger partial charge in [0.25, 0.3) is 0 Å². The molecular weight excluding hydrogens is 397 g/mol. The van der Waals surface area contributed by atoms with Crippen LogP contribution in [-0.4, -0.2) is 12.6 Å². The van der Waals surface area contributed by atoms with E-state index in [4.69, 9.17) is 5.73 Å². The van der Waals surface area contributed by atoms with Crippen molar-refractivity contribution >= 4 is 0 Å². The molecule has 0 aromatic heterocycles. The molecule has 1 fully saturated rings. The van der Waals surface area contributed by atoms with Crippen LogP contribution in [0.4, 0.5) is 13.2 Å². The largest absolute Gasteiger partial charge is 0.416 e. The molecule has 1 aliphatic rings. The number of alkyl halides is 3. The number of nitrogens with two attached hydrogens (primary N) is 1. The number of aryl methyl sites for hydroxylation is 1. The van der Waals surface area contributed by atoms with Crippen LogP contribution in [0.3, 0.4) is 0 Å². The Labute approximate surface area is 188 Å². The van der Waals surface area contributed by atoms with Gasteiger partial charge in [-0.05, 0) is 37.7 Å². The third-order valence-electron chi connectivity index (χ3n) is 4.84. The van der Waals surface area contributed by atoms with E-state index >= 15 is 0 Å². The van der Waals surface area contributed by atoms with Crippen molar-refractivity contribution in [2.24, 2.45) is 17.1 Å². The molecule has 1 aromatic rings. The third-order valence-corrected chi connectivity index (χ3v) is 4.84. The van der Waals surface area contributed by atoms with Gasteiger partial charge in [0.05, 0.1) is 5.56 Å². The molecule has 176 valence electrons. The molecule has 0 aliphatic heterocycles. The molecule has 2 nitrogen and oxygen atoms in total. The van der Waals surface area contributed by atoms with Crippen molar-refractivity contribution in [1.82, 2.24) is 5.32 Å². The average Bonchev–Trinajstić information content (AvgIpc) is 2.70. The van der Waals surface area contributed by atoms with Gasteiger partial charge in [-0.3, -0.25) is 0 Å². The van der Waals surface area contributed by atoms with Crippen LogP contribution in [-0.2, 0) is 6.18 Å². The van der Waals surface area contributed by atoms with E-state index < -0.39 is 11.7 Å². The van der Waals surface area contributed by atoms with Crippen LogP contribution in [0.25, 0.3) is 0 Å². The smallest absolute Gasteiger partial charge is 0.389 e. The molecule has 0 spiro atoms. The summed E-state index contributed by atoms with van der Waals surface area (Å²) in [6.45, 7) is 19.6. The van der Waals surface area contributed by atoms with Crippen LogP contribution in [0.5, 0.6) is 0 Å². The van der Waals surface area contributed by atoms with E-state index in [1.165, 1.54) is 31.7 Å². The number of terminal acetylenes is 1. The SMILES string of the molecule is C#C.C=C.C=C(NCCC(C)(C)C)C1CCCCC1N.Cc1cccc(C(F)(F)F)c1. The maximum atomic E-state index is 12.0. The van der Waals surface area contributed by atoms with Crippen molar-refractivity contribution in [3.8, 4) is 12.8 Å². The minimum Gasteiger partial charge on any atom is -0.389 e. The van der Waals surface area contributed by atoms with Crippen molar-refractivity contribution in [2.45, 2.75) is 72.0 Å². The van der Waals surface area contributed by atoms with E-state index in [0.717, 1.165) is 30.8 Å². The molecule has 2 unspecified atom stereocenters. The number of hydrogen-bond donors (Lipinski definition) is 2. The lowest BCUT2D eigenvalue weighted by Gasteiger charge is -2.31. The lowest BCUT2D eigenvalue weighted by Crippen LogP contribution is -2.38. The Bertz CT molecular complexity index is 642. The standard InChI is InChI=1S/C14H28N2.C8H7F3.C2H4.C2H2/c1-11(16-10-9-14(2,3)4)12-7-5-6-8-13(12)15;1-6-3-2-4-7(5-6)8(9,10)11;2*1-2/h12-13,16H,1,5-10,15H2,2-4H3;2-5H,1H3;1-2H2;1-2H. The monoisotopic (exact) mass is 438 g/mol. The van der Waals surface area contributed by atoms with Gasteiger partial charge < -0.3 is 11.1 Å². The Hall–Kier alpha value is -2.19. The molecule has 5 heteroatoms. The molecule has 1 saturated carbocycles. The molecule has 2 rings (SSSR count). The number of benzene rings is 1. The molecule has 31 heavy (non-hydrogen) atoms. The Morgan fingerprint density at radius 1 is 1.13 bits per heavy atom. The fraction of sp³-hybridized carbons (Fsp3) is 0.538. The molecule has 0 saturated heterocycles. The molecule has 0 radical (unpaired) electrons. The maximum absolute atomic E-state index is 12.0. The van der Waals surface area contributed by atoms with Crippen molar-refractivity contribution in [3.63, 3.8) is 0 Å². The van der Waals surface area contributed by atoms with Crippen LogP contribution >= 0.6 is 0 Å². The van der Waals surface area contributed by atoms with Crippen LogP contribution in [0, 0.1) is 31.1 Å². The van der Waals surface area contributed by atoms with E-state index in [-0.39, 0.29) is 0 Å². The molecular formula is C26H41F3N2. The lowest BCUT2D eigenvalue weighted by atomic mass is 9.83. The number of rotatable bonds is 4. The maximum Gasteiger partial charge on any atom is 0.416 e. The quantitative estimate of drug-likeness (QED) is 0.388. The Morgan fingerprint density at radius 3 is 2.10 bits per heavy atom. The fourth-order valence-electron chi connectivity index (χ4n) is 3.14. The zero-order valence-electron chi connectivity index (χ0n) is 19.7. The van der Waals surface area contributed by atoms with Gasteiger partial charge in [0, 0.05) is 24.2 Å². The van der Waals surface area contributed by atoms with Gasteiger partial charge in [-0.2, -0.15) is 13.2 Å². The molecule has 3 N–H and O–H groups in total. The molecule has 1 aromatic carbocycles. The molecule has 0 heterocycles. The number of hydrogen-bond acceptors (Lipinski definition) is 2. The molecule has 1 aliphatic carbocycles. The molecule has 0 bridgehead atoms. The summed E-state index contributed by atoms with van der Waals surface area (Å²) in [4.78, 5) is 0. The summed E-state index contributed by atoms with van der Waals surface area (Å²) >= 11 is 0. The third kappa shape index (κ3) is 14.4. The zero-order chi connectivity index (χ0) is 24.7. The summed E-state index contributed by atoms with van der Waals surface area (Å²) in [5.41, 5.74) is 7.73. The predicted molar refractivity (Wildman–Crippen MR) is 128 cm³/mol. The van der Waals surface area contributed by atoms with Gasteiger partial charge in [-0.25, -0.2) is 0 Å². The van der Waals surface area contributed by atoms with Crippen molar-refractivity contribution in [3.05, 3.63) is 60.8 Å². The van der Waals surface area contributed by atoms with Crippen LogP contribution in [0.2, 0.25) is 0 Å². The highest BCUT2D eigenvalue weighted by Gasteiger charge is 2.30. The normalized spacial score (nSPS) is 18.0. The van der Waals surface area contributed by atoms with Crippen molar-refractivity contribution < 1.29 is 13.2 Å². The van der Waals surface area contributed by atoms with Crippen LogP contribution in [0.1, 0.15) is 64.0 Å². The Balaban J connectivity index is 0. The Kier molecular flexibility index (Phi) is 15.6. The van der Waals surface area contributed by atoms with E-state index in [0.29, 0.717) is 22.9 Å². The summed E-state index contributed by atoms with van der Waals surface area (Å²) in [5.74, 6) is 0.494. The van der Waals surface area contributed by atoms with E-state index in [1.54, 1.807) is 13.0 Å². The second kappa shape index (κ2) is 15.6. The van der Waals surface area contributed by atoms with E-state index in [9.17, 15) is 13.2 Å². The minimum atomic E-state index is -4.22. The average molecular weight is 439 g/mol. The summed E-state index contributed by atoms with van der Waals surface area (Å²) < 4.78 is 35.9. The van der Waals surface area contributed by atoms with Gasteiger partial charge in [-0.1, -0.05) is 64.0 Å². The summed E-state index contributed by atoms with van der Waals surface area (Å²) in [6, 6.07) is 5.55. The predicted octanol–water partition coefficient (Wildman–Crippen LogP) is 7.11. The highest BCUT2D eigenvalue weighted by atomic mass is 19.4. The fourth-order valence-corrected chi connectivity index (χ4v) is 3.14. The Morgan fingerprint density at radius 2 is 1.68 bits per heavy atom. The van der Waals surface area contributed by atoms with Gasteiger partial charge in [0.15, 0.2) is 0 Å². The van der Waals surface area contributed by atoms with E-state index in [1.807, 2.05) is 0 Å². The number of nitrogens with one attached hydrogen (secondary N) is 1. The van der Waals surface area contributed by atoms with Crippen LogP contribution < -0.4 is 11.1 Å². The van der Waals surface area contributed by atoms with Crippen LogP contribution in [0.15, 0.2) is 49.7 Å². The second-order valence-electron chi connectivity index (χ2n) is 8.68. The highest BCUT2D eigenvalue weighted by molar-refractivity contribution is 5.24. The minimum absolute atomic E-state index is 0.323. The zero-order valence-corrected chi connectivity index (χ0v) is 19.7. The first-order chi connectivity index (χ1) is 14.4. The van der Waals surface area contributed by atoms with Crippen molar-refractivity contribution in [1.29, 1.82) is 0 Å². The first kappa shape index (κ1) is 31.0.